The molecule has 1 aliphatic heterocycles. The van der Waals surface area contributed by atoms with Crippen LogP contribution in [0, 0.1) is 11.3 Å². The maximum Gasteiger partial charge on any atom is 0.429 e. The summed E-state index contributed by atoms with van der Waals surface area (Å²) >= 11 is 0. The van der Waals surface area contributed by atoms with Crippen molar-refractivity contribution in [2.75, 3.05) is 13.1 Å². The minimum atomic E-state index is -4.44. The summed E-state index contributed by atoms with van der Waals surface area (Å²) in [6, 6.07) is 7.57. The third kappa shape index (κ3) is 2.82. The molecule has 0 spiro atoms. The number of benzene rings is 1. The molecule has 0 aromatic heterocycles. The summed E-state index contributed by atoms with van der Waals surface area (Å²) in [4.78, 5) is 0. The van der Waals surface area contributed by atoms with Crippen LogP contribution in [0.2, 0.25) is 0 Å². The summed E-state index contributed by atoms with van der Waals surface area (Å²) in [7, 11) is 0. The number of nitrogens with zero attached hydrogens (tertiary/aromatic N) is 1. The van der Waals surface area contributed by atoms with Gasteiger partial charge in [-0.15, -0.1) is 0 Å². The smallest absolute Gasteiger partial charge is 0.429 e. The van der Waals surface area contributed by atoms with E-state index >= 15 is 0 Å². The fourth-order valence-corrected chi connectivity index (χ4v) is 2.09. The van der Waals surface area contributed by atoms with E-state index in [0.717, 1.165) is 0 Å². The number of nitrogens with one attached hydrogen (secondary N) is 1. The molecule has 0 bridgehead atoms. The van der Waals surface area contributed by atoms with Crippen molar-refractivity contribution in [2.45, 2.75) is 24.6 Å². The van der Waals surface area contributed by atoms with Crippen LogP contribution in [-0.4, -0.2) is 24.9 Å². The molecule has 6 heteroatoms. The molecule has 1 fully saturated rings. The largest absolute Gasteiger partial charge is 0.476 e. The molecule has 0 aliphatic carbocycles. The number of piperidine rings is 1. The van der Waals surface area contributed by atoms with Crippen LogP contribution in [-0.2, 0) is 0 Å². The second-order valence-corrected chi connectivity index (χ2v) is 4.51. The van der Waals surface area contributed by atoms with Crippen molar-refractivity contribution in [3.63, 3.8) is 0 Å². The van der Waals surface area contributed by atoms with Gasteiger partial charge in [0.25, 0.3) is 0 Å². The van der Waals surface area contributed by atoms with Crippen LogP contribution in [0.15, 0.2) is 24.3 Å². The monoisotopic (exact) mass is 270 g/mol. The average molecular weight is 270 g/mol. The Morgan fingerprint density at radius 3 is 2.42 bits per heavy atom. The zero-order valence-electron chi connectivity index (χ0n) is 10.1. The highest BCUT2D eigenvalue weighted by Crippen LogP contribution is 2.39. The lowest BCUT2D eigenvalue weighted by molar-refractivity contribution is -0.252. The zero-order chi connectivity index (χ0) is 13.9. The highest BCUT2D eigenvalue weighted by Gasteiger charge is 2.57. The van der Waals surface area contributed by atoms with Gasteiger partial charge in [-0.2, -0.15) is 18.4 Å². The molecule has 0 saturated carbocycles. The number of rotatable bonds is 2. The number of hydrogen-bond acceptors (Lipinski definition) is 3. The molecule has 1 saturated heterocycles. The summed E-state index contributed by atoms with van der Waals surface area (Å²) in [6.45, 7) is 0.311. The summed E-state index contributed by atoms with van der Waals surface area (Å²) in [5.74, 6) is 0.125. The van der Waals surface area contributed by atoms with Crippen LogP contribution in [0.5, 0.6) is 5.75 Å². The first-order valence-electron chi connectivity index (χ1n) is 5.93. The highest BCUT2D eigenvalue weighted by atomic mass is 19.4. The van der Waals surface area contributed by atoms with Crippen LogP contribution in [0.4, 0.5) is 13.2 Å². The third-order valence-electron chi connectivity index (χ3n) is 3.16. The van der Waals surface area contributed by atoms with Crippen molar-refractivity contribution < 1.29 is 17.9 Å². The molecule has 1 unspecified atom stereocenters. The van der Waals surface area contributed by atoms with Gasteiger partial charge in [-0.05, 0) is 43.7 Å². The topological polar surface area (TPSA) is 45.0 Å². The summed E-state index contributed by atoms with van der Waals surface area (Å²) in [6.07, 6.45) is -4.09. The minimum Gasteiger partial charge on any atom is -0.476 e. The first kappa shape index (κ1) is 13.7. The predicted molar refractivity (Wildman–Crippen MR) is 62.7 cm³/mol. The summed E-state index contributed by atoms with van der Waals surface area (Å²) in [5, 5.41) is 11.4. The Morgan fingerprint density at radius 1 is 1.26 bits per heavy atom. The van der Waals surface area contributed by atoms with E-state index in [1.54, 1.807) is 0 Å². The third-order valence-corrected chi connectivity index (χ3v) is 3.16. The van der Waals surface area contributed by atoms with Crippen molar-refractivity contribution in [1.29, 1.82) is 5.26 Å². The average Bonchev–Trinajstić information content (AvgIpc) is 2.39. The SMILES string of the molecule is N#Cc1ccc(OC2(C(F)(F)F)CCCNC2)cc1. The van der Waals surface area contributed by atoms with E-state index in [2.05, 4.69) is 5.32 Å². The molecule has 1 aromatic rings. The maximum atomic E-state index is 13.2. The van der Waals surface area contributed by atoms with E-state index in [1.807, 2.05) is 6.07 Å². The molecule has 1 atom stereocenters. The molecule has 2 rings (SSSR count). The van der Waals surface area contributed by atoms with Gasteiger partial charge in [0.1, 0.15) is 5.75 Å². The van der Waals surface area contributed by atoms with Gasteiger partial charge in [0.2, 0.25) is 5.60 Å². The van der Waals surface area contributed by atoms with E-state index in [4.69, 9.17) is 10.00 Å². The molecule has 19 heavy (non-hydrogen) atoms. The molecule has 102 valence electrons. The van der Waals surface area contributed by atoms with Crippen LogP contribution in [0.25, 0.3) is 0 Å². The lowest BCUT2D eigenvalue weighted by Gasteiger charge is -2.39. The van der Waals surface area contributed by atoms with Crippen molar-refractivity contribution in [2.24, 2.45) is 0 Å². The Labute approximate surface area is 109 Å². The van der Waals surface area contributed by atoms with Gasteiger partial charge in [-0.3, -0.25) is 0 Å². The molecule has 1 N–H and O–H groups in total. The van der Waals surface area contributed by atoms with Gasteiger partial charge in [0.15, 0.2) is 0 Å². The number of alkyl halides is 3. The Kier molecular flexibility index (Phi) is 3.67. The van der Waals surface area contributed by atoms with Gasteiger partial charge < -0.3 is 10.1 Å². The molecule has 0 amide bonds. The second-order valence-electron chi connectivity index (χ2n) is 4.51. The van der Waals surface area contributed by atoms with Crippen LogP contribution >= 0.6 is 0 Å². The molecule has 0 radical (unpaired) electrons. The van der Waals surface area contributed by atoms with Crippen molar-refractivity contribution >= 4 is 0 Å². The molecule has 1 aliphatic rings. The standard InChI is InChI=1S/C13H13F3N2O/c14-13(15,16)12(6-1-7-18-9-12)19-11-4-2-10(8-17)3-5-11/h2-5,18H,1,6-7,9H2. The first-order valence-corrected chi connectivity index (χ1v) is 5.93. The van der Waals surface area contributed by atoms with Gasteiger partial charge in [-0.1, -0.05) is 0 Å². The van der Waals surface area contributed by atoms with Gasteiger partial charge in [0, 0.05) is 6.54 Å². The Bertz CT molecular complexity index is 470. The molecular formula is C13H13F3N2O. The van der Waals surface area contributed by atoms with Crippen molar-refractivity contribution in [1.82, 2.24) is 5.32 Å². The quantitative estimate of drug-likeness (QED) is 0.898. The van der Waals surface area contributed by atoms with E-state index in [1.165, 1.54) is 24.3 Å². The molecule has 3 nitrogen and oxygen atoms in total. The van der Waals surface area contributed by atoms with Crippen molar-refractivity contribution in [3.8, 4) is 11.8 Å². The molecular weight excluding hydrogens is 257 g/mol. The van der Waals surface area contributed by atoms with Gasteiger partial charge in [0.05, 0.1) is 11.6 Å². The summed E-state index contributed by atoms with van der Waals surface area (Å²) < 4.78 is 44.8. The highest BCUT2D eigenvalue weighted by molar-refractivity contribution is 5.35. The maximum absolute atomic E-state index is 13.2. The van der Waals surface area contributed by atoms with Crippen LogP contribution in [0.1, 0.15) is 18.4 Å². The Balaban J connectivity index is 2.23. The van der Waals surface area contributed by atoms with Crippen LogP contribution < -0.4 is 10.1 Å². The second kappa shape index (κ2) is 5.10. The van der Waals surface area contributed by atoms with Gasteiger partial charge >= 0.3 is 6.18 Å². The van der Waals surface area contributed by atoms with Crippen molar-refractivity contribution in [3.05, 3.63) is 29.8 Å². The Hall–Kier alpha value is -1.74. The first-order chi connectivity index (χ1) is 8.97. The normalized spacial score (nSPS) is 23.7. The van der Waals surface area contributed by atoms with E-state index < -0.39 is 11.8 Å². The number of hydrogen-bond donors (Lipinski definition) is 1. The lowest BCUT2D eigenvalue weighted by Crippen LogP contribution is -2.59. The number of halogens is 3. The van der Waals surface area contributed by atoms with E-state index in [-0.39, 0.29) is 18.7 Å². The fourth-order valence-electron chi connectivity index (χ4n) is 2.09. The molecule has 1 heterocycles. The van der Waals surface area contributed by atoms with E-state index in [9.17, 15) is 13.2 Å². The summed E-state index contributed by atoms with van der Waals surface area (Å²) in [5.41, 5.74) is -1.80. The number of ether oxygens (including phenoxy) is 1. The van der Waals surface area contributed by atoms with Crippen LogP contribution in [0.3, 0.4) is 0 Å². The lowest BCUT2D eigenvalue weighted by atomic mass is 9.93. The van der Waals surface area contributed by atoms with Gasteiger partial charge in [-0.25, -0.2) is 0 Å². The fraction of sp³-hybridized carbons (Fsp3) is 0.462. The number of nitriles is 1. The zero-order valence-corrected chi connectivity index (χ0v) is 10.1. The molecule has 1 aromatic carbocycles. The minimum absolute atomic E-state index is 0.0660. The Morgan fingerprint density at radius 2 is 1.95 bits per heavy atom. The predicted octanol–water partition coefficient (Wildman–Crippen LogP) is 2.62. The van der Waals surface area contributed by atoms with E-state index in [0.29, 0.717) is 18.5 Å².